The zero-order valence-corrected chi connectivity index (χ0v) is 27.9. The number of nitrogens with one attached hydrogen (secondary N) is 3. The van der Waals surface area contributed by atoms with E-state index in [1.807, 2.05) is 18.2 Å². The first-order valence-electron chi connectivity index (χ1n) is 14.7. The Morgan fingerprint density at radius 3 is 2.57 bits per heavy atom. The summed E-state index contributed by atoms with van der Waals surface area (Å²) in [5, 5.41) is 3.52. The maximum absolute atomic E-state index is 13.5. The largest absolute Gasteiger partial charge is 0.491 e. The van der Waals surface area contributed by atoms with E-state index < -0.39 is 20.6 Å². The molecule has 1 unspecified atom stereocenters. The summed E-state index contributed by atoms with van der Waals surface area (Å²) in [5.74, 6) is 1.55. The third-order valence-electron chi connectivity index (χ3n) is 7.41. The minimum Gasteiger partial charge on any atom is -0.491 e. The maximum atomic E-state index is 13.5. The first kappa shape index (κ1) is 34.0. The predicted molar refractivity (Wildman–Crippen MR) is 184 cm³/mol. The minimum absolute atomic E-state index is 0.0370. The van der Waals surface area contributed by atoms with E-state index >= 15 is 0 Å². The Balaban J connectivity index is 1.33. The lowest BCUT2D eigenvalue weighted by molar-refractivity contribution is 0.0948. The number of methoxy groups -OCH3 is 1. The number of rotatable bonds is 15. The van der Waals surface area contributed by atoms with Gasteiger partial charge in [0.2, 0.25) is 0 Å². The quantitative estimate of drug-likeness (QED) is 0.112. The van der Waals surface area contributed by atoms with Crippen LogP contribution in [0.3, 0.4) is 0 Å². The summed E-state index contributed by atoms with van der Waals surface area (Å²) < 4.78 is 59.8. The molecule has 5 rings (SSSR count). The number of H-pyrrole nitrogens is 1. The molecule has 3 heterocycles. The molecule has 1 aliphatic rings. The van der Waals surface area contributed by atoms with E-state index in [-0.39, 0.29) is 34.2 Å². The number of amides is 1. The van der Waals surface area contributed by atoms with E-state index in [1.54, 1.807) is 49.2 Å². The number of anilines is 1. The van der Waals surface area contributed by atoms with Crippen molar-refractivity contribution in [2.75, 3.05) is 62.7 Å². The molecule has 0 spiro atoms. The van der Waals surface area contributed by atoms with Crippen LogP contribution >= 0.6 is 22.4 Å². The smallest absolute Gasteiger partial charge is 0.279 e. The van der Waals surface area contributed by atoms with Gasteiger partial charge in [-0.2, -0.15) is 30.8 Å². The van der Waals surface area contributed by atoms with Crippen LogP contribution in [0.25, 0.3) is 10.9 Å². The van der Waals surface area contributed by atoms with Crippen LogP contribution in [0.2, 0.25) is 0 Å². The van der Waals surface area contributed by atoms with Gasteiger partial charge in [0.15, 0.2) is 5.03 Å². The van der Waals surface area contributed by atoms with E-state index in [2.05, 4.69) is 37.0 Å². The van der Waals surface area contributed by atoms with Gasteiger partial charge in [-0.1, -0.05) is 36.4 Å². The van der Waals surface area contributed by atoms with Crippen molar-refractivity contribution >= 4 is 54.9 Å². The number of hydrogen-bond acceptors (Lipinski definition) is 10. The van der Waals surface area contributed by atoms with Crippen LogP contribution in [-0.2, 0) is 20.5 Å². The van der Waals surface area contributed by atoms with Gasteiger partial charge < -0.3 is 19.8 Å². The Hall–Kier alpha value is -3.31. The fourth-order valence-corrected chi connectivity index (χ4v) is 8.41. The second-order valence-corrected chi connectivity index (χ2v) is 16.2. The van der Waals surface area contributed by atoms with Crippen molar-refractivity contribution in [3.05, 3.63) is 84.2 Å². The number of nitrogens with zero attached hydrogens (tertiary/aromatic N) is 2. The molecule has 0 bridgehead atoms. The molecule has 1 atom stereocenters. The molecule has 1 saturated heterocycles. The maximum Gasteiger partial charge on any atom is 0.279 e. The van der Waals surface area contributed by atoms with Crippen LogP contribution < -0.4 is 14.8 Å². The number of aromatic nitrogens is 2. The normalized spacial score (nSPS) is 16.5. The Bertz CT molecular complexity index is 1700. The van der Waals surface area contributed by atoms with E-state index in [4.69, 9.17) is 9.47 Å². The van der Waals surface area contributed by atoms with Gasteiger partial charge in [-0.15, -0.1) is 0 Å². The van der Waals surface area contributed by atoms with Crippen LogP contribution in [0.5, 0.6) is 5.75 Å². The number of aromatic amines is 1. The van der Waals surface area contributed by atoms with Gasteiger partial charge >= 0.3 is 0 Å². The fraction of sp³-hybridized carbons (Fsp3) is 0.355. The van der Waals surface area contributed by atoms with Gasteiger partial charge in [0, 0.05) is 61.9 Å². The van der Waals surface area contributed by atoms with Crippen LogP contribution in [0.15, 0.2) is 78.0 Å². The van der Waals surface area contributed by atoms with Crippen LogP contribution in [0, 0.1) is 0 Å². The van der Waals surface area contributed by atoms with Gasteiger partial charge in [0.25, 0.3) is 15.9 Å². The average molecular weight is 690 g/mol. The lowest BCUT2D eigenvalue weighted by Crippen LogP contribution is -2.44. The Morgan fingerprint density at radius 1 is 1.09 bits per heavy atom. The number of benzene rings is 2. The SMILES string of the molecule is COCCOc1cc(NS(=O)(=O)c2ccccn2)c2[nH]c(C(=O)NCC(CN3CCS(O)(O)CC3)SCc3ccccc3)cc2c1. The lowest BCUT2D eigenvalue weighted by Gasteiger charge is -2.41. The minimum atomic E-state index is -4.03. The fourth-order valence-electron chi connectivity index (χ4n) is 4.95. The number of pyridine rings is 1. The van der Waals surface area contributed by atoms with Crippen LogP contribution in [-0.4, -0.2) is 102 Å². The summed E-state index contributed by atoms with van der Waals surface area (Å²) in [7, 11) is -4.98. The van der Waals surface area contributed by atoms with Crippen molar-refractivity contribution < 1.29 is 31.8 Å². The third kappa shape index (κ3) is 9.37. The molecule has 0 radical (unpaired) electrons. The van der Waals surface area contributed by atoms with Crippen molar-refractivity contribution in [1.29, 1.82) is 0 Å². The standard InChI is InChI=1S/C31H39N5O7S3/c1-42-13-14-43-25-17-24-18-28(34-30(24)27(19-25)35-46(40,41)29-9-5-6-10-32-29)31(37)33-20-26(44-22-23-7-3-2-4-8-23)21-36-11-15-45(38,39)16-12-36/h2-10,17-19,26,34-35,38-39H,11-16,20-22H2,1H3,(H,33,37). The molecule has 1 amide bonds. The molecular weight excluding hydrogens is 651 g/mol. The predicted octanol–water partition coefficient (Wildman–Crippen LogP) is 4.49. The number of carbonyl (C=O) groups excluding carboxylic acids is 1. The van der Waals surface area contributed by atoms with Crippen molar-refractivity contribution in [2.24, 2.45) is 0 Å². The third-order valence-corrected chi connectivity index (χ3v) is 11.7. The molecule has 5 N–H and O–H groups in total. The summed E-state index contributed by atoms with van der Waals surface area (Å²) in [5.41, 5.74) is 2.07. The first-order valence-corrected chi connectivity index (χ1v) is 19.2. The topological polar surface area (TPSA) is 166 Å². The van der Waals surface area contributed by atoms with Crippen molar-refractivity contribution in [1.82, 2.24) is 20.2 Å². The molecule has 2 aromatic heterocycles. The van der Waals surface area contributed by atoms with E-state index in [9.17, 15) is 22.3 Å². The number of fused-ring (bicyclic) bond motifs is 1. The summed E-state index contributed by atoms with van der Waals surface area (Å²) in [6.07, 6.45) is 1.40. The van der Waals surface area contributed by atoms with Crippen molar-refractivity contribution in [3.8, 4) is 5.75 Å². The molecule has 1 fully saturated rings. The molecular formula is C31H39N5O7S3. The number of sulfonamides is 1. The first-order chi connectivity index (χ1) is 22.1. The highest BCUT2D eigenvalue weighted by atomic mass is 32.3. The molecule has 4 aromatic rings. The summed E-state index contributed by atoms with van der Waals surface area (Å²) >= 11 is 1.73. The van der Waals surface area contributed by atoms with Crippen molar-refractivity contribution in [3.63, 3.8) is 0 Å². The van der Waals surface area contributed by atoms with Gasteiger partial charge in [-0.05, 0) is 29.8 Å². The Kier molecular flexibility index (Phi) is 11.5. The molecule has 12 nitrogen and oxygen atoms in total. The van der Waals surface area contributed by atoms with E-state index in [0.717, 1.165) is 5.75 Å². The van der Waals surface area contributed by atoms with E-state index in [1.165, 1.54) is 17.8 Å². The number of carbonyl (C=O) groups is 1. The number of thioether (sulfide) groups is 1. The van der Waals surface area contributed by atoms with Gasteiger partial charge in [-0.3, -0.25) is 23.5 Å². The zero-order valence-electron chi connectivity index (χ0n) is 25.4. The second kappa shape index (κ2) is 15.5. The molecule has 0 saturated carbocycles. The number of hydrogen-bond donors (Lipinski definition) is 5. The summed E-state index contributed by atoms with van der Waals surface area (Å²) in [6, 6.07) is 19.7. The van der Waals surface area contributed by atoms with Crippen molar-refractivity contribution in [2.45, 2.75) is 16.0 Å². The average Bonchev–Trinajstić information content (AvgIpc) is 3.49. The molecule has 248 valence electrons. The lowest BCUT2D eigenvalue weighted by atomic mass is 10.2. The highest BCUT2D eigenvalue weighted by Gasteiger charge is 2.25. The molecule has 2 aromatic carbocycles. The van der Waals surface area contributed by atoms with E-state index in [0.29, 0.717) is 60.9 Å². The van der Waals surface area contributed by atoms with Crippen LogP contribution in [0.1, 0.15) is 16.1 Å². The Labute approximate surface area is 274 Å². The monoisotopic (exact) mass is 689 g/mol. The molecule has 0 aliphatic carbocycles. The number of ether oxygens (including phenoxy) is 2. The highest BCUT2D eigenvalue weighted by Crippen LogP contribution is 2.40. The van der Waals surface area contributed by atoms with Crippen LogP contribution in [0.4, 0.5) is 5.69 Å². The molecule has 15 heteroatoms. The highest BCUT2D eigenvalue weighted by molar-refractivity contribution is 8.24. The zero-order chi connectivity index (χ0) is 32.6. The van der Waals surface area contributed by atoms with Gasteiger partial charge in [-0.25, -0.2) is 4.98 Å². The van der Waals surface area contributed by atoms with Gasteiger partial charge in [0.1, 0.15) is 18.1 Å². The van der Waals surface area contributed by atoms with Gasteiger partial charge in [0.05, 0.1) is 29.3 Å². The molecule has 46 heavy (non-hydrogen) atoms. The Morgan fingerprint density at radius 2 is 1.85 bits per heavy atom. The summed E-state index contributed by atoms with van der Waals surface area (Å²) in [6.45, 7) is 2.84. The second-order valence-electron chi connectivity index (χ2n) is 10.9. The molecule has 1 aliphatic heterocycles. The summed E-state index contributed by atoms with van der Waals surface area (Å²) in [4.78, 5) is 22.7.